The molecule has 0 saturated heterocycles. The highest BCUT2D eigenvalue weighted by Gasteiger charge is 2.11. The number of hydrogen-bond acceptors (Lipinski definition) is 2. The topological polar surface area (TPSA) is 18.5 Å². The Balaban J connectivity index is 2.03. The Labute approximate surface area is 186 Å². The van der Waals surface area contributed by atoms with Gasteiger partial charge in [-0.25, -0.2) is 0 Å². The van der Waals surface area contributed by atoms with Crippen LogP contribution in [-0.2, 0) is 6.42 Å². The van der Waals surface area contributed by atoms with Gasteiger partial charge in [-0.05, 0) is 67.5 Å². The van der Waals surface area contributed by atoms with Gasteiger partial charge in [0.25, 0.3) is 0 Å². The zero-order valence-corrected chi connectivity index (χ0v) is 20.2. The monoisotopic (exact) mass is 462 g/mol. The molecule has 2 rings (SSSR count). The molecule has 0 amide bonds. The molecule has 0 heterocycles. The number of benzene rings is 2. The molecular weight excluding hydrogens is 424 g/mol. The molecule has 29 heavy (non-hydrogen) atoms. The third-order valence-corrected chi connectivity index (χ3v) is 6.15. The van der Waals surface area contributed by atoms with Crippen LogP contribution in [0.1, 0.15) is 84.1 Å². The van der Waals surface area contributed by atoms with Crippen LogP contribution in [0.4, 0.5) is 0 Å². The first-order valence-electron chi connectivity index (χ1n) is 11.6. The normalized spacial score (nSPS) is 12.3. The summed E-state index contributed by atoms with van der Waals surface area (Å²) in [5.41, 5.74) is 1.31. The number of rotatable bonds is 15. The summed E-state index contributed by atoms with van der Waals surface area (Å²) in [6.45, 7) is 7.48. The highest BCUT2D eigenvalue weighted by molar-refractivity contribution is 9.09. The molecule has 0 fully saturated rings. The van der Waals surface area contributed by atoms with Crippen molar-refractivity contribution in [3.8, 4) is 11.5 Å². The van der Waals surface area contributed by atoms with Crippen LogP contribution >= 0.6 is 15.9 Å². The van der Waals surface area contributed by atoms with Crippen molar-refractivity contribution >= 4 is 26.7 Å². The van der Waals surface area contributed by atoms with Crippen molar-refractivity contribution < 1.29 is 9.47 Å². The molecule has 3 heteroatoms. The predicted molar refractivity (Wildman–Crippen MR) is 130 cm³/mol. The van der Waals surface area contributed by atoms with Gasteiger partial charge in [-0.3, -0.25) is 0 Å². The molecule has 2 aromatic carbocycles. The Bertz CT molecular complexity index is 713. The molecule has 1 unspecified atom stereocenters. The predicted octanol–water partition coefficient (Wildman–Crippen LogP) is 8.47. The largest absolute Gasteiger partial charge is 0.493 e. The zero-order chi connectivity index (χ0) is 20.9. The number of aryl methyl sites for hydroxylation is 1. The number of halogens is 1. The molecule has 0 aliphatic carbocycles. The molecule has 2 nitrogen and oxygen atoms in total. The van der Waals surface area contributed by atoms with Gasteiger partial charge in [-0.1, -0.05) is 74.5 Å². The molecule has 0 radical (unpaired) electrons. The number of hydrogen-bond donors (Lipinski definition) is 0. The van der Waals surface area contributed by atoms with Crippen molar-refractivity contribution in [2.45, 2.75) is 91.1 Å². The first-order chi connectivity index (χ1) is 14.2. The molecule has 162 valence electrons. The van der Waals surface area contributed by atoms with Crippen LogP contribution in [-0.4, -0.2) is 18.0 Å². The lowest BCUT2D eigenvalue weighted by molar-refractivity contribution is 0.183. The second kappa shape index (κ2) is 13.9. The second-order valence-corrected chi connectivity index (χ2v) is 8.67. The van der Waals surface area contributed by atoms with Crippen LogP contribution in [0.3, 0.4) is 0 Å². The van der Waals surface area contributed by atoms with Crippen molar-refractivity contribution in [2.75, 3.05) is 11.9 Å². The van der Waals surface area contributed by atoms with E-state index in [4.69, 9.17) is 9.47 Å². The smallest absolute Gasteiger partial charge is 0.123 e. The van der Waals surface area contributed by atoms with E-state index in [2.05, 4.69) is 67.0 Å². The Hall–Kier alpha value is -1.22. The quantitative estimate of drug-likeness (QED) is 0.195. The molecule has 0 spiro atoms. The third kappa shape index (κ3) is 7.85. The Morgan fingerprint density at radius 1 is 0.897 bits per heavy atom. The van der Waals surface area contributed by atoms with Gasteiger partial charge >= 0.3 is 0 Å². The summed E-state index contributed by atoms with van der Waals surface area (Å²) in [6, 6.07) is 10.9. The van der Waals surface area contributed by atoms with Crippen LogP contribution in [0.2, 0.25) is 0 Å². The molecule has 0 saturated carbocycles. The second-order valence-electron chi connectivity index (χ2n) is 7.87. The highest BCUT2D eigenvalue weighted by atomic mass is 79.9. The van der Waals surface area contributed by atoms with Crippen molar-refractivity contribution in [3.63, 3.8) is 0 Å². The van der Waals surface area contributed by atoms with Crippen molar-refractivity contribution in [1.29, 1.82) is 0 Å². The molecular formula is C26H39BrO2. The Morgan fingerprint density at radius 3 is 2.45 bits per heavy atom. The summed E-state index contributed by atoms with van der Waals surface area (Å²) in [6.07, 6.45) is 12.2. The van der Waals surface area contributed by atoms with Crippen LogP contribution in [0.15, 0.2) is 30.3 Å². The summed E-state index contributed by atoms with van der Waals surface area (Å²) in [5.74, 6) is 2.03. The van der Waals surface area contributed by atoms with E-state index < -0.39 is 0 Å². The summed E-state index contributed by atoms with van der Waals surface area (Å²) in [5, 5.41) is 3.63. The Morgan fingerprint density at radius 2 is 1.72 bits per heavy atom. The minimum Gasteiger partial charge on any atom is -0.493 e. The first-order valence-corrected chi connectivity index (χ1v) is 12.8. The fourth-order valence-corrected chi connectivity index (χ4v) is 4.22. The molecule has 0 bridgehead atoms. The third-order valence-electron chi connectivity index (χ3n) is 5.59. The number of unbranched alkanes of at least 4 members (excludes halogenated alkanes) is 5. The highest BCUT2D eigenvalue weighted by Crippen LogP contribution is 2.32. The average Bonchev–Trinajstić information content (AvgIpc) is 2.75. The van der Waals surface area contributed by atoms with Gasteiger partial charge in [0.2, 0.25) is 0 Å². The van der Waals surface area contributed by atoms with E-state index in [0.29, 0.717) is 6.10 Å². The maximum absolute atomic E-state index is 6.30. The lowest BCUT2D eigenvalue weighted by atomic mass is 10.0. The summed E-state index contributed by atoms with van der Waals surface area (Å²) < 4.78 is 12.4. The summed E-state index contributed by atoms with van der Waals surface area (Å²) >= 11 is 3.49. The lowest BCUT2D eigenvalue weighted by Gasteiger charge is -2.19. The van der Waals surface area contributed by atoms with Crippen molar-refractivity contribution in [3.05, 3.63) is 35.9 Å². The van der Waals surface area contributed by atoms with E-state index >= 15 is 0 Å². The van der Waals surface area contributed by atoms with Crippen LogP contribution < -0.4 is 9.47 Å². The first kappa shape index (κ1) is 24.1. The molecule has 2 aromatic rings. The standard InChI is InChI=1S/C26H39BrO2/c1-4-7-10-13-22(5-2)29-23-15-16-25-21(20-23)14-17-26(24(25)6-3)28-19-12-9-8-11-18-27/h14-17,20,22H,4-13,18-19H2,1-3H3. The van der Waals surface area contributed by atoms with E-state index in [-0.39, 0.29) is 0 Å². The maximum atomic E-state index is 6.30. The van der Waals surface area contributed by atoms with Crippen molar-refractivity contribution in [1.82, 2.24) is 0 Å². The van der Waals surface area contributed by atoms with E-state index in [1.54, 1.807) is 0 Å². The maximum Gasteiger partial charge on any atom is 0.123 e. The van der Waals surface area contributed by atoms with Gasteiger partial charge in [0, 0.05) is 10.9 Å². The van der Waals surface area contributed by atoms with Crippen LogP contribution in [0.25, 0.3) is 10.8 Å². The molecule has 0 N–H and O–H groups in total. The van der Waals surface area contributed by atoms with E-state index in [0.717, 1.165) is 49.1 Å². The van der Waals surface area contributed by atoms with E-state index in [1.165, 1.54) is 54.9 Å². The SMILES string of the molecule is CCCCCC(CC)Oc1ccc2c(CC)c(OCCCCCCBr)ccc2c1. The zero-order valence-electron chi connectivity index (χ0n) is 18.6. The van der Waals surface area contributed by atoms with Crippen LogP contribution in [0, 0.1) is 0 Å². The van der Waals surface area contributed by atoms with Gasteiger partial charge in [-0.15, -0.1) is 0 Å². The minimum atomic E-state index is 0.316. The van der Waals surface area contributed by atoms with Gasteiger partial charge < -0.3 is 9.47 Å². The molecule has 0 aliphatic heterocycles. The summed E-state index contributed by atoms with van der Waals surface area (Å²) in [7, 11) is 0. The van der Waals surface area contributed by atoms with Gasteiger partial charge in [0.05, 0.1) is 12.7 Å². The minimum absolute atomic E-state index is 0.316. The van der Waals surface area contributed by atoms with Gasteiger partial charge in [-0.2, -0.15) is 0 Å². The molecule has 1 atom stereocenters. The van der Waals surface area contributed by atoms with E-state index in [9.17, 15) is 0 Å². The van der Waals surface area contributed by atoms with Gasteiger partial charge in [0.15, 0.2) is 0 Å². The van der Waals surface area contributed by atoms with E-state index in [1.807, 2.05) is 0 Å². The fourth-order valence-electron chi connectivity index (χ4n) is 3.82. The van der Waals surface area contributed by atoms with Gasteiger partial charge in [0.1, 0.15) is 11.5 Å². The number of alkyl halides is 1. The molecule has 0 aliphatic rings. The lowest BCUT2D eigenvalue weighted by Crippen LogP contribution is -2.15. The number of ether oxygens (including phenoxy) is 2. The Kier molecular flexibility index (Phi) is 11.5. The number of fused-ring (bicyclic) bond motifs is 1. The van der Waals surface area contributed by atoms with Crippen LogP contribution in [0.5, 0.6) is 11.5 Å². The molecule has 0 aromatic heterocycles. The average molecular weight is 464 g/mol. The fraction of sp³-hybridized carbons (Fsp3) is 0.615. The van der Waals surface area contributed by atoms with Crippen molar-refractivity contribution in [2.24, 2.45) is 0 Å². The summed E-state index contributed by atoms with van der Waals surface area (Å²) in [4.78, 5) is 0.